The van der Waals surface area contributed by atoms with Crippen molar-refractivity contribution in [2.24, 2.45) is 0 Å². The summed E-state index contributed by atoms with van der Waals surface area (Å²) in [7, 11) is 1.26. The summed E-state index contributed by atoms with van der Waals surface area (Å²) < 4.78 is 4.42. The molecule has 17 heavy (non-hydrogen) atoms. The van der Waals surface area contributed by atoms with Crippen LogP contribution in [-0.4, -0.2) is 23.1 Å². The maximum absolute atomic E-state index is 10.8. The van der Waals surface area contributed by atoms with E-state index in [1.54, 1.807) is 0 Å². The highest BCUT2D eigenvalue weighted by Gasteiger charge is 2.08. The first-order valence-electron chi connectivity index (χ1n) is 4.75. The fraction of sp³-hybridized carbons (Fsp3) is 0.182. The molecule has 0 aromatic heterocycles. The van der Waals surface area contributed by atoms with E-state index in [0.717, 1.165) is 0 Å². The van der Waals surface area contributed by atoms with Gasteiger partial charge in [-0.05, 0) is 6.07 Å². The predicted molar refractivity (Wildman–Crippen MR) is 60.4 cm³/mol. The van der Waals surface area contributed by atoms with Crippen molar-refractivity contribution in [2.45, 2.75) is 6.42 Å². The van der Waals surface area contributed by atoms with Crippen LogP contribution in [0.15, 0.2) is 24.3 Å². The summed E-state index contributed by atoms with van der Waals surface area (Å²) in [5, 5.41) is 20.0. The van der Waals surface area contributed by atoms with Crippen LogP contribution in [0, 0.1) is 10.1 Å². The molecule has 0 aliphatic carbocycles. The number of nitrogens with zero attached hydrogens (tertiary/aromatic N) is 1. The van der Waals surface area contributed by atoms with Gasteiger partial charge in [0.2, 0.25) is 0 Å². The molecule has 0 heterocycles. The largest absolute Gasteiger partial charge is 0.507 e. The zero-order valence-electron chi connectivity index (χ0n) is 9.12. The Morgan fingerprint density at radius 1 is 1.59 bits per heavy atom. The lowest BCUT2D eigenvalue weighted by Gasteiger charge is -1.98. The standard InChI is InChI=1S/C11H11NO5/c1-17-11(14)4-2-3-8-7-9(12(15)16)5-6-10(8)13/h2-3,5-7,13H,4H2,1H3. The van der Waals surface area contributed by atoms with Gasteiger partial charge in [-0.25, -0.2) is 0 Å². The summed E-state index contributed by atoms with van der Waals surface area (Å²) in [4.78, 5) is 20.8. The first kappa shape index (κ1) is 12.7. The Morgan fingerprint density at radius 2 is 2.29 bits per heavy atom. The predicted octanol–water partition coefficient (Wildman–Crippen LogP) is 1.88. The van der Waals surface area contributed by atoms with Crippen molar-refractivity contribution in [3.63, 3.8) is 0 Å². The van der Waals surface area contributed by atoms with Gasteiger partial charge in [0.15, 0.2) is 0 Å². The molecule has 6 heteroatoms. The maximum atomic E-state index is 10.8. The van der Waals surface area contributed by atoms with Crippen molar-refractivity contribution >= 4 is 17.7 Å². The molecule has 0 fully saturated rings. The van der Waals surface area contributed by atoms with Crippen LogP contribution in [0.2, 0.25) is 0 Å². The molecule has 0 unspecified atom stereocenters. The SMILES string of the molecule is COC(=O)CC=Cc1cc([N+](=O)[O-])ccc1O. The second-order valence-electron chi connectivity index (χ2n) is 3.18. The van der Waals surface area contributed by atoms with Gasteiger partial charge in [-0.15, -0.1) is 0 Å². The lowest BCUT2D eigenvalue weighted by Crippen LogP contribution is -1.96. The lowest BCUT2D eigenvalue weighted by atomic mass is 10.1. The third-order valence-electron chi connectivity index (χ3n) is 2.03. The van der Waals surface area contributed by atoms with Gasteiger partial charge in [0, 0.05) is 17.7 Å². The summed E-state index contributed by atoms with van der Waals surface area (Å²) in [6.45, 7) is 0. The Kier molecular flexibility index (Phi) is 4.21. The summed E-state index contributed by atoms with van der Waals surface area (Å²) in [6.07, 6.45) is 2.93. The number of rotatable bonds is 4. The van der Waals surface area contributed by atoms with E-state index in [2.05, 4.69) is 4.74 Å². The smallest absolute Gasteiger partial charge is 0.309 e. The van der Waals surface area contributed by atoms with Gasteiger partial charge in [0.25, 0.3) is 5.69 Å². The molecule has 0 aliphatic rings. The van der Waals surface area contributed by atoms with Crippen LogP contribution < -0.4 is 0 Å². The van der Waals surface area contributed by atoms with E-state index in [1.807, 2.05) is 0 Å². The van der Waals surface area contributed by atoms with E-state index < -0.39 is 10.9 Å². The molecule has 0 spiro atoms. The molecule has 0 aliphatic heterocycles. The summed E-state index contributed by atoms with van der Waals surface area (Å²) in [5.74, 6) is -0.511. The number of hydrogen-bond acceptors (Lipinski definition) is 5. The minimum atomic E-state index is -0.558. The zero-order chi connectivity index (χ0) is 12.8. The minimum Gasteiger partial charge on any atom is -0.507 e. The Labute approximate surface area is 97.3 Å². The van der Waals surface area contributed by atoms with Gasteiger partial charge < -0.3 is 9.84 Å². The maximum Gasteiger partial charge on any atom is 0.309 e. The number of phenolic OH excluding ortho intramolecular Hbond substituents is 1. The number of methoxy groups -OCH3 is 1. The van der Waals surface area contributed by atoms with Crippen molar-refractivity contribution in [2.75, 3.05) is 7.11 Å². The van der Waals surface area contributed by atoms with Crippen LogP contribution in [0.1, 0.15) is 12.0 Å². The van der Waals surface area contributed by atoms with Gasteiger partial charge >= 0.3 is 5.97 Å². The Balaban J connectivity index is 2.86. The summed E-state index contributed by atoms with van der Waals surface area (Å²) in [6, 6.07) is 3.66. The molecule has 1 aromatic carbocycles. The molecule has 1 N–H and O–H groups in total. The Morgan fingerprint density at radius 3 is 2.88 bits per heavy atom. The number of esters is 1. The van der Waals surface area contributed by atoms with Gasteiger partial charge in [0.05, 0.1) is 18.5 Å². The van der Waals surface area contributed by atoms with Gasteiger partial charge in [0.1, 0.15) is 5.75 Å². The van der Waals surface area contributed by atoms with Crippen molar-refractivity contribution in [3.8, 4) is 5.75 Å². The van der Waals surface area contributed by atoms with Crippen molar-refractivity contribution in [1.82, 2.24) is 0 Å². The number of carbonyl (C=O) groups is 1. The number of hydrogen-bond donors (Lipinski definition) is 1. The Hall–Kier alpha value is -2.37. The molecule has 0 atom stereocenters. The third-order valence-corrected chi connectivity index (χ3v) is 2.03. The molecule has 6 nitrogen and oxygen atoms in total. The molecule has 0 radical (unpaired) electrons. The van der Waals surface area contributed by atoms with Gasteiger partial charge in [-0.2, -0.15) is 0 Å². The monoisotopic (exact) mass is 237 g/mol. The average molecular weight is 237 g/mol. The zero-order valence-corrected chi connectivity index (χ0v) is 9.12. The number of aromatic hydroxyl groups is 1. The normalized spacial score (nSPS) is 10.4. The third kappa shape index (κ3) is 3.60. The number of nitro benzene ring substituents is 1. The first-order chi connectivity index (χ1) is 8.04. The minimum absolute atomic E-state index is 0.0403. The van der Waals surface area contributed by atoms with Crippen LogP contribution in [-0.2, 0) is 9.53 Å². The average Bonchev–Trinajstić information content (AvgIpc) is 2.30. The van der Waals surface area contributed by atoms with Gasteiger partial charge in [-0.3, -0.25) is 14.9 Å². The van der Waals surface area contributed by atoms with Crippen LogP contribution in [0.3, 0.4) is 0 Å². The number of benzene rings is 1. The van der Waals surface area contributed by atoms with E-state index in [4.69, 9.17) is 0 Å². The Bertz CT molecular complexity index is 467. The number of phenols is 1. The molecule has 0 amide bonds. The van der Waals surface area contributed by atoms with Crippen molar-refractivity contribution < 1.29 is 19.6 Å². The fourth-order valence-electron chi connectivity index (χ4n) is 1.15. The van der Waals surface area contributed by atoms with Crippen LogP contribution >= 0.6 is 0 Å². The topological polar surface area (TPSA) is 89.7 Å². The molecular weight excluding hydrogens is 226 g/mol. The number of nitro groups is 1. The molecule has 0 bridgehead atoms. The molecule has 1 rings (SSSR count). The highest BCUT2D eigenvalue weighted by Crippen LogP contribution is 2.24. The van der Waals surface area contributed by atoms with Crippen LogP contribution in [0.5, 0.6) is 5.75 Å². The second-order valence-corrected chi connectivity index (χ2v) is 3.18. The quantitative estimate of drug-likeness (QED) is 0.490. The van der Waals surface area contributed by atoms with Gasteiger partial charge in [-0.1, -0.05) is 12.2 Å². The molecular formula is C11H11NO5. The van der Waals surface area contributed by atoms with Crippen LogP contribution in [0.25, 0.3) is 6.08 Å². The number of ether oxygens (including phenoxy) is 1. The summed E-state index contributed by atoms with van der Waals surface area (Å²) >= 11 is 0. The first-order valence-corrected chi connectivity index (χ1v) is 4.75. The number of carbonyl (C=O) groups excluding carboxylic acids is 1. The summed E-state index contributed by atoms with van der Waals surface area (Å²) in [5.41, 5.74) is 0.156. The van der Waals surface area contributed by atoms with Crippen molar-refractivity contribution in [3.05, 3.63) is 40.0 Å². The van der Waals surface area contributed by atoms with Crippen LogP contribution in [0.4, 0.5) is 5.69 Å². The highest BCUT2D eigenvalue weighted by molar-refractivity contribution is 5.73. The van der Waals surface area contributed by atoms with E-state index in [9.17, 15) is 20.0 Å². The second kappa shape index (κ2) is 5.64. The van der Waals surface area contributed by atoms with E-state index in [1.165, 1.54) is 37.5 Å². The lowest BCUT2D eigenvalue weighted by molar-refractivity contribution is -0.384. The molecule has 0 saturated heterocycles. The molecule has 90 valence electrons. The van der Waals surface area contributed by atoms with E-state index in [-0.39, 0.29) is 23.4 Å². The highest BCUT2D eigenvalue weighted by atomic mass is 16.6. The van der Waals surface area contributed by atoms with E-state index >= 15 is 0 Å². The fourth-order valence-corrected chi connectivity index (χ4v) is 1.15. The van der Waals surface area contributed by atoms with E-state index in [0.29, 0.717) is 0 Å². The van der Waals surface area contributed by atoms with Crippen molar-refractivity contribution in [1.29, 1.82) is 0 Å². The number of non-ortho nitro benzene ring substituents is 1. The molecule has 1 aromatic rings. The molecule has 0 saturated carbocycles.